The van der Waals surface area contributed by atoms with Crippen molar-refractivity contribution in [3.63, 3.8) is 0 Å². The number of carbonyl (C=O) groups is 1. The molecule has 106 valence electrons. The summed E-state index contributed by atoms with van der Waals surface area (Å²) in [6.07, 6.45) is 2.58. The standard InChI is InChI=1S/C14H17N3O2S/c1-19-9-12(15)13(18)17-14-16-8-11(20-14)7-10-5-3-2-4-6-10/h2-6,8,12H,7,9,15H2,1H3,(H,16,17,18). The van der Waals surface area contributed by atoms with Crippen molar-refractivity contribution in [1.82, 2.24) is 4.98 Å². The SMILES string of the molecule is COCC(N)C(=O)Nc1ncc(Cc2ccccc2)s1. The van der Waals surface area contributed by atoms with Crippen LogP contribution >= 0.6 is 11.3 Å². The molecule has 0 radical (unpaired) electrons. The lowest BCUT2D eigenvalue weighted by atomic mass is 10.1. The number of carbonyl (C=O) groups excluding carboxylic acids is 1. The number of hydrogen-bond donors (Lipinski definition) is 2. The van der Waals surface area contributed by atoms with Crippen LogP contribution in [0.4, 0.5) is 5.13 Å². The van der Waals surface area contributed by atoms with E-state index in [4.69, 9.17) is 10.5 Å². The van der Waals surface area contributed by atoms with E-state index in [0.29, 0.717) is 5.13 Å². The second kappa shape index (κ2) is 7.14. The first-order valence-electron chi connectivity index (χ1n) is 6.23. The molecule has 1 heterocycles. The molecule has 0 aliphatic rings. The van der Waals surface area contributed by atoms with E-state index < -0.39 is 6.04 Å². The Morgan fingerprint density at radius 2 is 2.20 bits per heavy atom. The van der Waals surface area contributed by atoms with Crippen molar-refractivity contribution in [2.45, 2.75) is 12.5 Å². The number of ether oxygens (including phenoxy) is 1. The van der Waals surface area contributed by atoms with Crippen molar-refractivity contribution in [2.75, 3.05) is 19.0 Å². The maximum atomic E-state index is 11.7. The van der Waals surface area contributed by atoms with E-state index in [0.717, 1.165) is 11.3 Å². The van der Waals surface area contributed by atoms with Crippen molar-refractivity contribution in [1.29, 1.82) is 0 Å². The van der Waals surface area contributed by atoms with Gasteiger partial charge in [0, 0.05) is 24.6 Å². The monoisotopic (exact) mass is 291 g/mol. The first-order valence-corrected chi connectivity index (χ1v) is 7.04. The fourth-order valence-electron chi connectivity index (χ4n) is 1.70. The Balaban J connectivity index is 1.94. The average Bonchev–Trinajstić information content (AvgIpc) is 2.87. The molecular formula is C14H17N3O2S. The number of amides is 1. The Morgan fingerprint density at radius 1 is 1.45 bits per heavy atom. The maximum absolute atomic E-state index is 11.7. The zero-order valence-corrected chi connectivity index (χ0v) is 12.0. The first-order chi connectivity index (χ1) is 9.69. The zero-order valence-electron chi connectivity index (χ0n) is 11.2. The fraction of sp³-hybridized carbons (Fsp3) is 0.286. The van der Waals surface area contributed by atoms with E-state index in [-0.39, 0.29) is 12.5 Å². The first kappa shape index (κ1) is 14.6. The third-order valence-electron chi connectivity index (χ3n) is 2.69. The minimum absolute atomic E-state index is 0.189. The second-order valence-corrected chi connectivity index (χ2v) is 5.46. The van der Waals surface area contributed by atoms with Crippen LogP contribution < -0.4 is 11.1 Å². The van der Waals surface area contributed by atoms with E-state index in [1.165, 1.54) is 24.0 Å². The largest absolute Gasteiger partial charge is 0.383 e. The van der Waals surface area contributed by atoms with Gasteiger partial charge in [-0.1, -0.05) is 30.3 Å². The smallest absolute Gasteiger partial charge is 0.245 e. The molecule has 1 aromatic heterocycles. The molecule has 1 unspecified atom stereocenters. The van der Waals surface area contributed by atoms with Gasteiger partial charge in [-0.3, -0.25) is 4.79 Å². The topological polar surface area (TPSA) is 77.2 Å². The summed E-state index contributed by atoms with van der Waals surface area (Å²) < 4.78 is 4.84. The summed E-state index contributed by atoms with van der Waals surface area (Å²) in [5.74, 6) is -0.285. The number of nitrogens with zero attached hydrogens (tertiary/aromatic N) is 1. The van der Waals surface area contributed by atoms with E-state index in [1.807, 2.05) is 18.2 Å². The van der Waals surface area contributed by atoms with Crippen LogP contribution in [-0.2, 0) is 16.0 Å². The van der Waals surface area contributed by atoms with Gasteiger partial charge in [-0.05, 0) is 5.56 Å². The number of hydrogen-bond acceptors (Lipinski definition) is 5. The van der Waals surface area contributed by atoms with Crippen LogP contribution in [0, 0.1) is 0 Å². The maximum Gasteiger partial charge on any atom is 0.245 e. The molecule has 0 saturated carbocycles. The Morgan fingerprint density at radius 3 is 2.90 bits per heavy atom. The quantitative estimate of drug-likeness (QED) is 0.848. The van der Waals surface area contributed by atoms with Crippen LogP contribution in [0.2, 0.25) is 0 Å². The highest BCUT2D eigenvalue weighted by Crippen LogP contribution is 2.21. The Hall–Kier alpha value is -1.76. The molecule has 3 N–H and O–H groups in total. The molecule has 1 amide bonds. The van der Waals surface area contributed by atoms with Gasteiger partial charge in [0.2, 0.25) is 5.91 Å². The minimum atomic E-state index is -0.679. The molecule has 1 aromatic carbocycles. The van der Waals surface area contributed by atoms with Crippen LogP contribution in [0.3, 0.4) is 0 Å². The van der Waals surface area contributed by atoms with E-state index in [9.17, 15) is 4.79 Å². The van der Waals surface area contributed by atoms with Gasteiger partial charge < -0.3 is 15.8 Å². The molecule has 0 aliphatic carbocycles. The fourth-order valence-corrected chi connectivity index (χ4v) is 2.55. The number of thiazole rings is 1. The Labute approximate surface area is 121 Å². The lowest BCUT2D eigenvalue weighted by molar-refractivity contribution is -0.118. The molecule has 0 fully saturated rings. The highest BCUT2D eigenvalue weighted by Gasteiger charge is 2.14. The summed E-state index contributed by atoms with van der Waals surface area (Å²) >= 11 is 1.45. The van der Waals surface area contributed by atoms with Crippen LogP contribution in [0.25, 0.3) is 0 Å². The minimum Gasteiger partial charge on any atom is -0.383 e. The van der Waals surface area contributed by atoms with Crippen LogP contribution in [0.15, 0.2) is 36.5 Å². The van der Waals surface area contributed by atoms with Gasteiger partial charge in [0.05, 0.1) is 6.61 Å². The van der Waals surface area contributed by atoms with Gasteiger partial charge in [-0.2, -0.15) is 0 Å². The summed E-state index contributed by atoms with van der Waals surface area (Å²) in [6, 6.07) is 9.44. The number of rotatable bonds is 6. The molecule has 6 heteroatoms. The van der Waals surface area contributed by atoms with Crippen molar-refractivity contribution in [2.24, 2.45) is 5.73 Å². The predicted molar refractivity (Wildman–Crippen MR) is 79.8 cm³/mol. The summed E-state index contributed by atoms with van der Waals surface area (Å²) in [6.45, 7) is 0.189. The molecule has 2 aromatic rings. The van der Waals surface area contributed by atoms with Gasteiger partial charge in [0.15, 0.2) is 5.13 Å². The molecule has 1 atom stereocenters. The van der Waals surface area contributed by atoms with Crippen LogP contribution in [0.1, 0.15) is 10.4 Å². The number of aromatic nitrogens is 1. The number of nitrogens with two attached hydrogens (primary N) is 1. The van der Waals surface area contributed by atoms with Crippen LogP contribution in [-0.4, -0.2) is 30.6 Å². The molecule has 0 saturated heterocycles. The van der Waals surface area contributed by atoms with Crippen molar-refractivity contribution < 1.29 is 9.53 Å². The number of benzene rings is 1. The van der Waals surface area contributed by atoms with Gasteiger partial charge in [-0.25, -0.2) is 4.98 Å². The van der Waals surface area contributed by atoms with Gasteiger partial charge in [0.1, 0.15) is 6.04 Å². The Kier molecular flexibility index (Phi) is 5.23. The van der Waals surface area contributed by atoms with Gasteiger partial charge >= 0.3 is 0 Å². The molecule has 0 bridgehead atoms. The summed E-state index contributed by atoms with van der Waals surface area (Å²) in [7, 11) is 1.51. The highest BCUT2D eigenvalue weighted by atomic mass is 32.1. The molecule has 2 rings (SSSR count). The molecule has 5 nitrogen and oxygen atoms in total. The van der Waals surface area contributed by atoms with Crippen molar-refractivity contribution in [3.05, 3.63) is 47.0 Å². The number of nitrogens with one attached hydrogen (secondary N) is 1. The lowest BCUT2D eigenvalue weighted by Crippen LogP contribution is -2.39. The summed E-state index contributed by atoms with van der Waals surface area (Å²) in [4.78, 5) is 17.0. The van der Waals surface area contributed by atoms with Crippen molar-refractivity contribution >= 4 is 22.4 Å². The van der Waals surface area contributed by atoms with E-state index >= 15 is 0 Å². The molecule has 20 heavy (non-hydrogen) atoms. The summed E-state index contributed by atoms with van der Waals surface area (Å²) in [5, 5.41) is 3.26. The number of anilines is 1. The van der Waals surface area contributed by atoms with Crippen molar-refractivity contribution in [3.8, 4) is 0 Å². The highest BCUT2D eigenvalue weighted by molar-refractivity contribution is 7.15. The third-order valence-corrected chi connectivity index (χ3v) is 3.60. The normalized spacial score (nSPS) is 12.1. The average molecular weight is 291 g/mol. The summed E-state index contributed by atoms with van der Waals surface area (Å²) in [5.41, 5.74) is 6.86. The van der Waals surface area contributed by atoms with E-state index in [2.05, 4.69) is 22.4 Å². The second-order valence-electron chi connectivity index (χ2n) is 4.35. The molecule has 0 spiro atoms. The molecular weight excluding hydrogens is 274 g/mol. The third kappa shape index (κ3) is 4.12. The Bertz CT molecular complexity index is 557. The van der Waals surface area contributed by atoms with Crippen LogP contribution in [0.5, 0.6) is 0 Å². The van der Waals surface area contributed by atoms with Gasteiger partial charge in [0.25, 0.3) is 0 Å². The molecule has 0 aliphatic heterocycles. The van der Waals surface area contributed by atoms with E-state index in [1.54, 1.807) is 6.20 Å². The lowest BCUT2D eigenvalue weighted by Gasteiger charge is -2.08. The zero-order chi connectivity index (χ0) is 14.4. The predicted octanol–water partition coefficient (Wildman–Crippen LogP) is 1.65. The van der Waals surface area contributed by atoms with Gasteiger partial charge in [-0.15, -0.1) is 11.3 Å². The number of methoxy groups -OCH3 is 1.